The minimum atomic E-state index is -0.0486. The number of rotatable bonds is 5. The van der Waals surface area contributed by atoms with Crippen LogP contribution in [0.5, 0.6) is 0 Å². The van der Waals surface area contributed by atoms with Crippen LogP contribution in [-0.4, -0.2) is 33.7 Å². The molecule has 4 rings (SSSR count). The predicted molar refractivity (Wildman–Crippen MR) is 107 cm³/mol. The van der Waals surface area contributed by atoms with Crippen LogP contribution >= 0.6 is 0 Å². The van der Waals surface area contributed by atoms with Gasteiger partial charge in [0.1, 0.15) is 0 Å². The Balaban J connectivity index is 1.50. The number of hydrogen-bond acceptors (Lipinski definition) is 5. The number of aromatic nitrogens is 3. The van der Waals surface area contributed by atoms with E-state index in [1.54, 1.807) is 30.1 Å². The third kappa shape index (κ3) is 3.90. The summed E-state index contributed by atoms with van der Waals surface area (Å²) in [5.74, 6) is 0.721. The predicted octanol–water partition coefficient (Wildman–Crippen LogP) is 2.21. The molecule has 6 heteroatoms. The first-order valence-corrected chi connectivity index (χ1v) is 9.21. The molecule has 0 aliphatic carbocycles. The summed E-state index contributed by atoms with van der Waals surface area (Å²) in [6.45, 7) is 2.57. The lowest BCUT2D eigenvalue weighted by atomic mass is 10.2. The van der Waals surface area contributed by atoms with Gasteiger partial charge in [-0.15, -0.1) is 0 Å². The molecule has 27 heavy (non-hydrogen) atoms. The van der Waals surface area contributed by atoms with Crippen LogP contribution in [0, 0.1) is 0 Å². The molecule has 0 bridgehead atoms. The van der Waals surface area contributed by atoms with Crippen molar-refractivity contribution >= 4 is 5.95 Å². The van der Waals surface area contributed by atoms with Gasteiger partial charge in [-0.2, -0.15) is 0 Å². The van der Waals surface area contributed by atoms with E-state index >= 15 is 0 Å². The van der Waals surface area contributed by atoms with E-state index < -0.39 is 0 Å². The molecule has 2 aromatic heterocycles. The summed E-state index contributed by atoms with van der Waals surface area (Å²) in [6.07, 6.45) is 4.46. The van der Waals surface area contributed by atoms with E-state index in [4.69, 9.17) is 4.98 Å². The second-order valence-corrected chi connectivity index (χ2v) is 6.87. The first-order valence-electron chi connectivity index (χ1n) is 9.21. The molecule has 0 saturated carbocycles. The van der Waals surface area contributed by atoms with Crippen LogP contribution < -0.4 is 15.8 Å². The Hall–Kier alpha value is -2.99. The van der Waals surface area contributed by atoms with Crippen molar-refractivity contribution in [3.05, 3.63) is 76.8 Å². The maximum Gasteiger partial charge on any atom is 0.255 e. The van der Waals surface area contributed by atoms with Gasteiger partial charge in [-0.3, -0.25) is 14.3 Å². The van der Waals surface area contributed by atoms with Crippen LogP contribution in [0.4, 0.5) is 5.95 Å². The topological polar surface area (TPSA) is 63.1 Å². The van der Waals surface area contributed by atoms with Crippen molar-refractivity contribution in [3.8, 4) is 11.3 Å². The second-order valence-electron chi connectivity index (χ2n) is 6.87. The van der Waals surface area contributed by atoms with Gasteiger partial charge < -0.3 is 10.2 Å². The summed E-state index contributed by atoms with van der Waals surface area (Å²) >= 11 is 0. The van der Waals surface area contributed by atoms with Crippen LogP contribution in [0.25, 0.3) is 11.3 Å². The van der Waals surface area contributed by atoms with Crippen molar-refractivity contribution in [2.45, 2.75) is 19.0 Å². The molecule has 1 aliphatic rings. The first kappa shape index (κ1) is 17.4. The Labute approximate surface area is 158 Å². The molecule has 3 heterocycles. The summed E-state index contributed by atoms with van der Waals surface area (Å²) < 4.78 is 1.63. The van der Waals surface area contributed by atoms with E-state index in [1.807, 2.05) is 18.2 Å². The SMILES string of the molecule is Cn1c(N2CC[C@@H](NCc3ccccc3)C2)nc(-c2ccncc2)cc1=O. The number of anilines is 1. The third-order valence-electron chi connectivity index (χ3n) is 5.00. The van der Waals surface area contributed by atoms with Crippen molar-refractivity contribution in [2.75, 3.05) is 18.0 Å². The molecule has 3 aromatic rings. The first-order chi connectivity index (χ1) is 13.2. The molecule has 6 nitrogen and oxygen atoms in total. The van der Waals surface area contributed by atoms with Gasteiger partial charge in [-0.25, -0.2) is 4.98 Å². The Morgan fingerprint density at radius 1 is 1.15 bits per heavy atom. The van der Waals surface area contributed by atoms with Crippen LogP contribution in [0.1, 0.15) is 12.0 Å². The maximum absolute atomic E-state index is 12.4. The van der Waals surface area contributed by atoms with Gasteiger partial charge in [0.25, 0.3) is 5.56 Å². The molecule has 1 fully saturated rings. The van der Waals surface area contributed by atoms with Crippen molar-refractivity contribution in [1.29, 1.82) is 0 Å². The van der Waals surface area contributed by atoms with E-state index in [-0.39, 0.29) is 5.56 Å². The molecule has 1 saturated heterocycles. The molecule has 1 aliphatic heterocycles. The molecular weight excluding hydrogens is 338 g/mol. The number of hydrogen-bond donors (Lipinski definition) is 1. The van der Waals surface area contributed by atoms with E-state index in [0.29, 0.717) is 11.7 Å². The standard InChI is InChI=1S/C21H23N5O/c1-25-20(27)13-19(17-7-10-22-11-8-17)24-21(25)26-12-9-18(15-26)23-14-16-5-3-2-4-6-16/h2-8,10-11,13,18,23H,9,12,14-15H2,1H3/t18-/m1/s1. The average molecular weight is 361 g/mol. The number of nitrogens with zero attached hydrogens (tertiary/aromatic N) is 4. The van der Waals surface area contributed by atoms with Crippen LogP contribution in [0.3, 0.4) is 0 Å². The van der Waals surface area contributed by atoms with E-state index in [0.717, 1.165) is 37.6 Å². The van der Waals surface area contributed by atoms with E-state index in [1.165, 1.54) is 5.56 Å². The zero-order valence-corrected chi connectivity index (χ0v) is 15.4. The van der Waals surface area contributed by atoms with Gasteiger partial charge in [-0.1, -0.05) is 30.3 Å². The molecule has 0 unspecified atom stereocenters. The summed E-state index contributed by atoms with van der Waals surface area (Å²) in [5.41, 5.74) is 2.83. The Morgan fingerprint density at radius 3 is 2.70 bits per heavy atom. The highest BCUT2D eigenvalue weighted by Gasteiger charge is 2.25. The molecule has 0 amide bonds. The third-order valence-corrected chi connectivity index (χ3v) is 5.00. The molecule has 1 N–H and O–H groups in total. The highest BCUT2D eigenvalue weighted by molar-refractivity contribution is 5.59. The van der Waals surface area contributed by atoms with Crippen LogP contribution in [0.15, 0.2) is 65.7 Å². The van der Waals surface area contributed by atoms with Gasteiger partial charge in [-0.05, 0) is 24.1 Å². The Morgan fingerprint density at radius 2 is 1.93 bits per heavy atom. The highest BCUT2D eigenvalue weighted by Crippen LogP contribution is 2.21. The summed E-state index contributed by atoms with van der Waals surface area (Å²) in [4.78, 5) is 23.4. The number of pyridine rings is 1. The lowest BCUT2D eigenvalue weighted by Crippen LogP contribution is -2.34. The zero-order valence-electron chi connectivity index (χ0n) is 15.4. The average Bonchev–Trinajstić information content (AvgIpc) is 3.18. The van der Waals surface area contributed by atoms with Crippen LogP contribution in [0.2, 0.25) is 0 Å². The van der Waals surface area contributed by atoms with Crippen molar-refractivity contribution in [3.63, 3.8) is 0 Å². The summed E-state index contributed by atoms with van der Waals surface area (Å²) in [5, 5.41) is 3.61. The van der Waals surface area contributed by atoms with Crippen LogP contribution in [-0.2, 0) is 13.6 Å². The lowest BCUT2D eigenvalue weighted by Gasteiger charge is -2.21. The fraction of sp³-hybridized carbons (Fsp3) is 0.286. The van der Waals surface area contributed by atoms with E-state index in [2.05, 4.69) is 39.5 Å². The van der Waals surface area contributed by atoms with E-state index in [9.17, 15) is 4.79 Å². The largest absolute Gasteiger partial charge is 0.341 e. The summed E-state index contributed by atoms with van der Waals surface area (Å²) in [7, 11) is 1.78. The smallest absolute Gasteiger partial charge is 0.255 e. The quantitative estimate of drug-likeness (QED) is 0.755. The molecule has 1 atom stereocenters. The summed E-state index contributed by atoms with van der Waals surface area (Å²) in [6, 6.07) is 16.1. The minimum Gasteiger partial charge on any atom is -0.341 e. The van der Waals surface area contributed by atoms with Gasteiger partial charge in [0.15, 0.2) is 0 Å². The van der Waals surface area contributed by atoms with Crippen molar-refractivity contribution in [1.82, 2.24) is 19.9 Å². The molecule has 0 spiro atoms. The minimum absolute atomic E-state index is 0.0486. The Kier molecular flexibility index (Phi) is 4.98. The zero-order chi connectivity index (χ0) is 18.6. The normalized spacial score (nSPS) is 16.6. The number of nitrogens with one attached hydrogen (secondary N) is 1. The van der Waals surface area contributed by atoms with Gasteiger partial charge in [0.05, 0.1) is 5.69 Å². The Bertz CT molecular complexity index is 955. The molecule has 0 radical (unpaired) electrons. The maximum atomic E-state index is 12.4. The number of benzene rings is 1. The highest BCUT2D eigenvalue weighted by atomic mass is 16.1. The molecule has 138 valence electrons. The second kappa shape index (κ2) is 7.72. The van der Waals surface area contributed by atoms with Gasteiger partial charge in [0.2, 0.25) is 5.95 Å². The van der Waals surface area contributed by atoms with Crippen molar-refractivity contribution < 1.29 is 0 Å². The lowest BCUT2D eigenvalue weighted by molar-refractivity contribution is 0.550. The fourth-order valence-electron chi connectivity index (χ4n) is 3.45. The molecular formula is C21H23N5O. The molecule has 1 aromatic carbocycles. The van der Waals surface area contributed by atoms with Gasteiger partial charge in [0, 0.05) is 56.7 Å². The van der Waals surface area contributed by atoms with Gasteiger partial charge >= 0.3 is 0 Å². The van der Waals surface area contributed by atoms with Crippen molar-refractivity contribution in [2.24, 2.45) is 7.05 Å². The monoisotopic (exact) mass is 361 g/mol. The fourth-order valence-corrected chi connectivity index (χ4v) is 3.45.